The van der Waals surface area contributed by atoms with E-state index in [0.29, 0.717) is 51.0 Å². The maximum Gasteiger partial charge on any atom is 0.301 e. The summed E-state index contributed by atoms with van der Waals surface area (Å²) in [7, 11) is 0. The van der Waals surface area contributed by atoms with Crippen LogP contribution < -0.4 is 14.4 Å². The maximum absolute atomic E-state index is 13.7. The van der Waals surface area contributed by atoms with Crippen LogP contribution >= 0.6 is 34.7 Å². The summed E-state index contributed by atoms with van der Waals surface area (Å²) in [6, 6.07) is 28.7. The number of hydrogen-bond acceptors (Lipinski definition) is 9. The zero-order valence-electron chi connectivity index (χ0n) is 27.0. The topological polar surface area (TPSA) is 102 Å². The highest BCUT2D eigenvalue weighted by Gasteiger charge is 2.48. The van der Waals surface area contributed by atoms with Gasteiger partial charge in [0.15, 0.2) is 4.34 Å². The van der Waals surface area contributed by atoms with E-state index in [1.54, 1.807) is 48.5 Å². The molecule has 0 spiro atoms. The molecule has 1 saturated heterocycles. The molecule has 1 aromatic heterocycles. The number of ketones is 1. The molecule has 49 heavy (non-hydrogen) atoms. The van der Waals surface area contributed by atoms with E-state index in [9.17, 15) is 14.7 Å². The summed E-state index contributed by atoms with van der Waals surface area (Å²) >= 11 is 8.97. The predicted octanol–water partition coefficient (Wildman–Crippen LogP) is 9.18. The molecule has 1 aliphatic rings. The average Bonchev–Trinajstić information content (AvgIpc) is 3.69. The summed E-state index contributed by atoms with van der Waals surface area (Å²) in [5, 5.41) is 21.1. The van der Waals surface area contributed by atoms with E-state index in [-0.39, 0.29) is 16.5 Å². The predicted molar refractivity (Wildman–Crippen MR) is 195 cm³/mol. The quantitative estimate of drug-likeness (QED) is 0.0322. The molecular formula is C38H34ClN3O5S2. The lowest BCUT2D eigenvalue weighted by atomic mass is 9.95. The van der Waals surface area contributed by atoms with Gasteiger partial charge in [-0.15, -0.1) is 10.2 Å². The molecule has 1 amide bonds. The molecule has 1 N–H and O–H groups in total. The number of unbranched alkanes of at least 4 members (excludes halogenated alkanes) is 1. The molecule has 1 atom stereocenters. The second-order valence-corrected chi connectivity index (χ2v) is 14.1. The highest BCUT2D eigenvalue weighted by molar-refractivity contribution is 8.00. The summed E-state index contributed by atoms with van der Waals surface area (Å²) in [5.41, 5.74) is 4.07. The lowest BCUT2D eigenvalue weighted by Gasteiger charge is -2.22. The Balaban J connectivity index is 1.30. The van der Waals surface area contributed by atoms with Gasteiger partial charge in [-0.25, -0.2) is 0 Å². The molecule has 4 aromatic carbocycles. The van der Waals surface area contributed by atoms with Crippen LogP contribution in [0.25, 0.3) is 5.76 Å². The van der Waals surface area contributed by atoms with Gasteiger partial charge in [-0.05, 0) is 72.5 Å². The van der Waals surface area contributed by atoms with Gasteiger partial charge in [0.2, 0.25) is 5.13 Å². The number of benzene rings is 4. The molecule has 0 aliphatic carbocycles. The SMILES string of the molecule is CCCCOc1ccc(C2/C(=C(\O)c3ccc(OCc4cccc(C)c4)cc3)C(=O)C(=O)N2c2nnc(SCc3ccccc3Cl)s2)cc1. The number of hydrogen-bond donors (Lipinski definition) is 1. The molecule has 6 rings (SSSR count). The summed E-state index contributed by atoms with van der Waals surface area (Å²) in [6.07, 6.45) is 1.93. The summed E-state index contributed by atoms with van der Waals surface area (Å²) < 4.78 is 12.4. The first-order valence-electron chi connectivity index (χ1n) is 15.8. The number of carbonyl (C=O) groups is 2. The number of aryl methyl sites for hydroxylation is 1. The minimum absolute atomic E-state index is 0.0430. The Kier molecular flexibility index (Phi) is 11.0. The van der Waals surface area contributed by atoms with Crippen molar-refractivity contribution < 1.29 is 24.2 Å². The number of Topliss-reactive ketones (excluding diaryl/α,β-unsaturated/α-hetero) is 1. The molecule has 11 heteroatoms. The van der Waals surface area contributed by atoms with Crippen molar-refractivity contribution in [1.29, 1.82) is 0 Å². The summed E-state index contributed by atoms with van der Waals surface area (Å²) in [4.78, 5) is 28.7. The fourth-order valence-electron chi connectivity index (χ4n) is 5.37. The number of aliphatic hydroxyl groups excluding tert-OH is 1. The Morgan fingerprint density at radius 2 is 1.67 bits per heavy atom. The molecule has 250 valence electrons. The van der Waals surface area contributed by atoms with Crippen molar-refractivity contribution in [3.8, 4) is 11.5 Å². The van der Waals surface area contributed by atoms with E-state index in [1.165, 1.54) is 28.0 Å². The van der Waals surface area contributed by atoms with Crippen molar-refractivity contribution in [2.75, 3.05) is 11.5 Å². The second kappa shape index (κ2) is 15.7. The lowest BCUT2D eigenvalue weighted by Crippen LogP contribution is -2.29. The van der Waals surface area contributed by atoms with Crippen LogP contribution in [0.15, 0.2) is 107 Å². The Bertz CT molecular complexity index is 1980. The monoisotopic (exact) mass is 711 g/mol. The smallest absolute Gasteiger partial charge is 0.301 e. The van der Waals surface area contributed by atoms with Gasteiger partial charge < -0.3 is 14.6 Å². The highest BCUT2D eigenvalue weighted by Crippen LogP contribution is 2.44. The van der Waals surface area contributed by atoms with E-state index in [4.69, 9.17) is 21.1 Å². The Labute approximate surface area is 298 Å². The summed E-state index contributed by atoms with van der Waals surface area (Å²) in [6.45, 7) is 5.09. The number of rotatable bonds is 13. The van der Waals surface area contributed by atoms with Crippen LogP contribution in [0.4, 0.5) is 5.13 Å². The van der Waals surface area contributed by atoms with Crippen LogP contribution in [0, 0.1) is 6.92 Å². The van der Waals surface area contributed by atoms with E-state index < -0.39 is 17.7 Å². The van der Waals surface area contributed by atoms with Crippen molar-refractivity contribution in [2.24, 2.45) is 0 Å². The third-order valence-corrected chi connectivity index (χ3v) is 10.4. The number of amides is 1. The maximum atomic E-state index is 13.7. The first-order valence-corrected chi connectivity index (χ1v) is 18.0. The highest BCUT2D eigenvalue weighted by atomic mass is 35.5. The number of carbonyl (C=O) groups excluding carboxylic acids is 2. The van der Waals surface area contributed by atoms with Gasteiger partial charge in [0.05, 0.1) is 18.2 Å². The number of aliphatic hydroxyl groups is 1. The van der Waals surface area contributed by atoms with Crippen LogP contribution in [0.2, 0.25) is 5.02 Å². The van der Waals surface area contributed by atoms with E-state index >= 15 is 0 Å². The Morgan fingerprint density at radius 1 is 0.939 bits per heavy atom. The number of nitrogens with zero attached hydrogens (tertiary/aromatic N) is 3. The molecule has 0 radical (unpaired) electrons. The van der Waals surface area contributed by atoms with Gasteiger partial charge in [-0.3, -0.25) is 14.5 Å². The van der Waals surface area contributed by atoms with Crippen molar-refractivity contribution in [1.82, 2.24) is 10.2 Å². The second-order valence-electron chi connectivity index (χ2n) is 11.5. The molecule has 0 bridgehead atoms. The number of ether oxygens (including phenoxy) is 2. The molecule has 2 heterocycles. The van der Waals surface area contributed by atoms with Crippen LogP contribution in [0.1, 0.15) is 53.6 Å². The minimum Gasteiger partial charge on any atom is -0.507 e. The Hall–Kier alpha value is -4.64. The van der Waals surface area contributed by atoms with Crippen LogP contribution in [-0.4, -0.2) is 33.6 Å². The standard InChI is InChI=1S/C38H34ClN3O5S2/c1-3-4-20-46-29-16-12-26(13-17-29)33-32(34(43)27-14-18-30(19-15-27)47-22-25-9-7-8-24(2)21-25)35(44)36(45)42(33)37-40-41-38(49-37)48-23-28-10-5-6-11-31(28)39/h5-19,21,33,43H,3-4,20,22-23H2,1-2H3/b34-32+. The number of aromatic nitrogens is 2. The van der Waals surface area contributed by atoms with Gasteiger partial charge in [0.25, 0.3) is 5.78 Å². The van der Waals surface area contributed by atoms with Crippen LogP contribution in [0.3, 0.4) is 0 Å². The van der Waals surface area contributed by atoms with Gasteiger partial charge in [-0.2, -0.15) is 0 Å². The molecule has 1 fully saturated rings. The molecular weight excluding hydrogens is 678 g/mol. The lowest BCUT2D eigenvalue weighted by molar-refractivity contribution is -0.132. The summed E-state index contributed by atoms with van der Waals surface area (Å²) in [5.74, 6) is -0.0790. The van der Waals surface area contributed by atoms with Gasteiger partial charge in [-0.1, -0.05) is 108 Å². The molecule has 0 saturated carbocycles. The average molecular weight is 712 g/mol. The van der Waals surface area contributed by atoms with Crippen molar-refractivity contribution in [3.63, 3.8) is 0 Å². The number of anilines is 1. The fraction of sp³-hybridized carbons (Fsp3) is 0.211. The largest absolute Gasteiger partial charge is 0.507 e. The first-order chi connectivity index (χ1) is 23.8. The molecule has 1 unspecified atom stereocenters. The first kappa shape index (κ1) is 34.2. The van der Waals surface area contributed by atoms with Crippen LogP contribution in [-0.2, 0) is 21.9 Å². The van der Waals surface area contributed by atoms with Gasteiger partial charge in [0, 0.05) is 16.3 Å². The van der Waals surface area contributed by atoms with E-state index in [0.717, 1.165) is 29.5 Å². The molecule has 5 aromatic rings. The normalized spacial score (nSPS) is 15.5. The third-order valence-electron chi connectivity index (χ3n) is 7.93. The van der Waals surface area contributed by atoms with Crippen molar-refractivity contribution >= 4 is 57.3 Å². The van der Waals surface area contributed by atoms with Crippen LogP contribution in [0.5, 0.6) is 11.5 Å². The Morgan fingerprint density at radius 3 is 2.41 bits per heavy atom. The van der Waals surface area contributed by atoms with E-state index in [2.05, 4.69) is 23.2 Å². The van der Waals surface area contributed by atoms with Gasteiger partial charge >= 0.3 is 5.91 Å². The zero-order valence-corrected chi connectivity index (χ0v) is 29.4. The molecule has 1 aliphatic heterocycles. The zero-order chi connectivity index (χ0) is 34.3. The number of halogens is 1. The molecule has 8 nitrogen and oxygen atoms in total. The van der Waals surface area contributed by atoms with Crippen molar-refractivity contribution in [2.45, 2.75) is 49.4 Å². The van der Waals surface area contributed by atoms with E-state index in [1.807, 2.05) is 49.4 Å². The fourth-order valence-corrected chi connectivity index (χ4v) is 7.53. The minimum atomic E-state index is -0.948. The van der Waals surface area contributed by atoms with Gasteiger partial charge in [0.1, 0.15) is 23.9 Å². The third kappa shape index (κ3) is 7.99. The van der Waals surface area contributed by atoms with Crippen molar-refractivity contribution in [3.05, 3.63) is 135 Å². The number of thioether (sulfide) groups is 1.